The van der Waals surface area contributed by atoms with E-state index in [0.717, 1.165) is 12.8 Å². The van der Waals surface area contributed by atoms with Crippen LogP contribution in [0.4, 0.5) is 0 Å². The second-order valence-electron chi connectivity index (χ2n) is 6.72. The summed E-state index contributed by atoms with van der Waals surface area (Å²) >= 11 is 0. The van der Waals surface area contributed by atoms with Gasteiger partial charge in [0, 0.05) is 0 Å². The number of ether oxygens (including phenoxy) is 2. The lowest BCUT2D eigenvalue weighted by Gasteiger charge is -2.05. The van der Waals surface area contributed by atoms with Crippen LogP contribution in [-0.4, -0.2) is 35.4 Å². The maximum atomic E-state index is 11.6. The lowest BCUT2D eigenvalue weighted by atomic mass is 10.1. The highest BCUT2D eigenvalue weighted by Crippen LogP contribution is 2.12. The molecule has 2 rings (SSSR count). The maximum Gasteiger partial charge on any atom is 0.338 e. The van der Waals surface area contributed by atoms with Gasteiger partial charge in [-0.1, -0.05) is 39.0 Å². The number of carbonyl (C=O) groups is 2. The van der Waals surface area contributed by atoms with Crippen LogP contribution < -0.4 is 0 Å². The lowest BCUT2D eigenvalue weighted by Crippen LogP contribution is -2.06. The van der Waals surface area contributed by atoms with Crippen molar-refractivity contribution in [2.75, 3.05) is 13.2 Å². The number of esters is 2. The van der Waals surface area contributed by atoms with Crippen molar-refractivity contribution in [2.45, 2.75) is 52.4 Å². The fourth-order valence-electron chi connectivity index (χ4n) is 2.54. The molecule has 30 heavy (non-hydrogen) atoms. The number of hydrogen-bond acceptors (Lipinski definition) is 6. The molecule has 0 radical (unpaired) electrons. The number of hydrogen-bond donors (Lipinski definition) is 2. The van der Waals surface area contributed by atoms with Gasteiger partial charge in [-0.05, 0) is 61.9 Å². The molecule has 0 saturated heterocycles. The van der Waals surface area contributed by atoms with Crippen LogP contribution >= 0.6 is 0 Å². The molecule has 0 aliphatic heterocycles. The molecule has 6 nitrogen and oxygen atoms in total. The van der Waals surface area contributed by atoms with E-state index in [9.17, 15) is 9.59 Å². The Balaban J connectivity index is 0.000000325. The van der Waals surface area contributed by atoms with Crippen molar-refractivity contribution < 1.29 is 29.3 Å². The van der Waals surface area contributed by atoms with E-state index < -0.39 is 0 Å². The molecule has 0 amide bonds. The van der Waals surface area contributed by atoms with Gasteiger partial charge in [-0.15, -0.1) is 0 Å². The summed E-state index contributed by atoms with van der Waals surface area (Å²) in [6.45, 7) is 4.78. The Hall–Kier alpha value is -3.02. The Morgan fingerprint density at radius 1 is 0.667 bits per heavy atom. The summed E-state index contributed by atoms with van der Waals surface area (Å²) in [4.78, 5) is 22.6. The van der Waals surface area contributed by atoms with Gasteiger partial charge >= 0.3 is 11.9 Å². The average Bonchev–Trinajstić information content (AvgIpc) is 2.74. The molecule has 2 aromatic carbocycles. The third-order valence-corrected chi connectivity index (χ3v) is 4.21. The second-order valence-corrected chi connectivity index (χ2v) is 6.72. The van der Waals surface area contributed by atoms with Crippen LogP contribution in [0.2, 0.25) is 0 Å². The number of rotatable bonds is 10. The molecule has 0 aliphatic rings. The van der Waals surface area contributed by atoms with Crippen molar-refractivity contribution >= 4 is 11.9 Å². The fourth-order valence-corrected chi connectivity index (χ4v) is 2.54. The number of phenols is 2. The minimum atomic E-state index is -0.363. The largest absolute Gasteiger partial charge is 0.508 e. The van der Waals surface area contributed by atoms with Crippen molar-refractivity contribution in [1.82, 2.24) is 0 Å². The summed E-state index contributed by atoms with van der Waals surface area (Å²) < 4.78 is 9.90. The van der Waals surface area contributed by atoms with E-state index in [-0.39, 0.29) is 23.4 Å². The third-order valence-electron chi connectivity index (χ3n) is 4.21. The predicted molar refractivity (Wildman–Crippen MR) is 116 cm³/mol. The molecule has 2 aromatic rings. The van der Waals surface area contributed by atoms with Gasteiger partial charge in [0.1, 0.15) is 11.5 Å². The van der Waals surface area contributed by atoms with Crippen LogP contribution in [0.25, 0.3) is 0 Å². The summed E-state index contributed by atoms with van der Waals surface area (Å²) in [5.41, 5.74) is 0.938. The molecule has 164 valence electrons. The Labute approximate surface area is 178 Å². The van der Waals surface area contributed by atoms with Gasteiger partial charge in [0.25, 0.3) is 0 Å². The van der Waals surface area contributed by atoms with Gasteiger partial charge in [0.2, 0.25) is 0 Å². The molecule has 0 unspecified atom stereocenters. The average molecular weight is 417 g/mol. The number of phenolic OH excluding ortho intramolecular Hbond substituents is 2. The highest BCUT2D eigenvalue weighted by Gasteiger charge is 2.06. The van der Waals surface area contributed by atoms with Gasteiger partial charge in [-0.2, -0.15) is 0 Å². The van der Waals surface area contributed by atoms with Crippen LogP contribution in [0.3, 0.4) is 0 Å². The first-order valence-electron chi connectivity index (χ1n) is 10.4. The zero-order valence-corrected chi connectivity index (χ0v) is 17.8. The first kappa shape index (κ1) is 25.0. The Bertz CT molecular complexity index is 737. The molecule has 0 atom stereocenters. The Morgan fingerprint density at radius 3 is 1.57 bits per heavy atom. The van der Waals surface area contributed by atoms with Gasteiger partial charge in [-0.25, -0.2) is 9.59 Å². The minimum absolute atomic E-state index is 0.142. The molecule has 6 heteroatoms. The van der Waals surface area contributed by atoms with E-state index >= 15 is 0 Å². The Morgan fingerprint density at radius 2 is 1.10 bits per heavy atom. The molecule has 0 aromatic heterocycles. The summed E-state index contributed by atoms with van der Waals surface area (Å²) in [5, 5.41) is 18.0. The minimum Gasteiger partial charge on any atom is -0.508 e. The van der Waals surface area contributed by atoms with Crippen molar-refractivity contribution in [2.24, 2.45) is 0 Å². The van der Waals surface area contributed by atoms with Gasteiger partial charge in [0.15, 0.2) is 0 Å². The quantitative estimate of drug-likeness (QED) is 0.394. The maximum absolute atomic E-state index is 11.6. The molecule has 0 spiro atoms. The molecular formula is C24H32O6. The highest BCUT2D eigenvalue weighted by molar-refractivity contribution is 5.89. The summed E-state index contributed by atoms with van der Waals surface area (Å²) in [7, 11) is 0. The predicted octanol–water partition coefficient (Wildman–Crippen LogP) is 5.48. The molecule has 0 saturated carbocycles. The van der Waals surface area contributed by atoms with Crippen LogP contribution in [0.15, 0.2) is 48.5 Å². The highest BCUT2D eigenvalue weighted by atomic mass is 16.5. The zero-order valence-electron chi connectivity index (χ0n) is 17.8. The molecule has 2 N–H and O–H groups in total. The lowest BCUT2D eigenvalue weighted by molar-refractivity contribution is 0.0495. The number of aromatic hydroxyl groups is 2. The smallest absolute Gasteiger partial charge is 0.338 e. The Kier molecular flexibility index (Phi) is 12.4. The molecule has 0 heterocycles. The van der Waals surface area contributed by atoms with Gasteiger partial charge < -0.3 is 19.7 Å². The summed E-state index contributed by atoms with van der Waals surface area (Å²) in [6, 6.07) is 12.1. The van der Waals surface area contributed by atoms with E-state index in [1.54, 1.807) is 19.1 Å². The normalized spacial score (nSPS) is 9.93. The van der Waals surface area contributed by atoms with Gasteiger partial charge in [0.05, 0.1) is 24.3 Å². The molecule has 0 aliphatic carbocycles. The van der Waals surface area contributed by atoms with Crippen LogP contribution in [0.1, 0.15) is 73.1 Å². The van der Waals surface area contributed by atoms with E-state index in [1.807, 2.05) is 0 Å². The van der Waals surface area contributed by atoms with Crippen LogP contribution in [0, 0.1) is 0 Å². The monoisotopic (exact) mass is 416 g/mol. The van der Waals surface area contributed by atoms with Gasteiger partial charge in [-0.3, -0.25) is 0 Å². The van der Waals surface area contributed by atoms with Crippen LogP contribution in [-0.2, 0) is 9.47 Å². The van der Waals surface area contributed by atoms with E-state index in [2.05, 4.69) is 6.92 Å². The topological polar surface area (TPSA) is 93.1 Å². The molecule has 0 bridgehead atoms. The fraction of sp³-hybridized carbons (Fsp3) is 0.417. The van der Waals surface area contributed by atoms with E-state index in [4.69, 9.17) is 19.7 Å². The third kappa shape index (κ3) is 10.5. The summed E-state index contributed by atoms with van der Waals surface area (Å²) in [6.07, 6.45) is 7.05. The zero-order chi connectivity index (χ0) is 22.2. The van der Waals surface area contributed by atoms with Crippen molar-refractivity contribution in [3.8, 4) is 11.5 Å². The number of unbranched alkanes of at least 4 members (excludes halogenated alkanes) is 5. The van der Waals surface area contributed by atoms with E-state index in [1.165, 1.54) is 62.1 Å². The van der Waals surface area contributed by atoms with Crippen molar-refractivity contribution in [3.63, 3.8) is 0 Å². The molecular weight excluding hydrogens is 384 g/mol. The van der Waals surface area contributed by atoms with Crippen molar-refractivity contribution in [1.29, 1.82) is 0 Å². The SMILES string of the molecule is CCCCCCCCOC(=O)c1ccc(O)cc1.CCOC(=O)c1ccc(O)cc1. The summed E-state index contributed by atoms with van der Waals surface area (Å²) in [5.74, 6) is -0.383. The first-order valence-corrected chi connectivity index (χ1v) is 10.4. The number of carbonyl (C=O) groups excluding carboxylic acids is 2. The standard InChI is InChI=1S/C15H22O3.C9H10O3/c1-2-3-4-5-6-7-12-18-15(17)13-8-10-14(16)11-9-13;1-2-12-9(11)7-3-5-8(10)6-4-7/h8-11,16H,2-7,12H2,1H3;3-6,10H,2H2,1H3. The first-order chi connectivity index (χ1) is 14.5. The van der Waals surface area contributed by atoms with Crippen molar-refractivity contribution in [3.05, 3.63) is 59.7 Å². The van der Waals surface area contributed by atoms with E-state index in [0.29, 0.717) is 24.3 Å². The van der Waals surface area contributed by atoms with Crippen LogP contribution in [0.5, 0.6) is 11.5 Å². The molecule has 0 fully saturated rings. The number of benzene rings is 2. The second kappa shape index (κ2) is 14.9.